The van der Waals surface area contributed by atoms with Crippen molar-refractivity contribution in [2.24, 2.45) is 5.92 Å². The Kier molecular flexibility index (Phi) is 4.50. The lowest BCUT2D eigenvalue weighted by atomic mass is 9.86. The first-order valence-corrected chi connectivity index (χ1v) is 10.0. The monoisotopic (exact) mass is 390 g/mol. The van der Waals surface area contributed by atoms with Crippen molar-refractivity contribution in [1.29, 1.82) is 0 Å². The number of rotatable bonds is 4. The van der Waals surface area contributed by atoms with Gasteiger partial charge in [-0.05, 0) is 37.3 Å². The zero-order valence-electron chi connectivity index (χ0n) is 16.0. The third-order valence-corrected chi connectivity index (χ3v) is 6.06. The van der Waals surface area contributed by atoms with Gasteiger partial charge in [-0.3, -0.25) is 9.20 Å². The number of aromatic nitrogens is 3. The number of hydrogen-bond acceptors (Lipinski definition) is 5. The van der Waals surface area contributed by atoms with Crippen LogP contribution in [0.3, 0.4) is 0 Å². The van der Waals surface area contributed by atoms with E-state index in [1.54, 1.807) is 22.9 Å². The van der Waals surface area contributed by atoms with Gasteiger partial charge < -0.3 is 9.64 Å². The quantitative estimate of drug-likeness (QED) is 0.638. The standard InChI is InChI=1S/C22H22N4O3/c27-20(19-13-24-21-23-9-4-10-25(19)21)16-11-17-7-8-18(12-16)26(17)22(28)29-14-15-5-2-1-3-6-15/h1-6,9-10,13,16-18H,7-8,11-12,14H2. The lowest BCUT2D eigenvalue weighted by Gasteiger charge is -2.37. The highest BCUT2D eigenvalue weighted by molar-refractivity contribution is 5.97. The van der Waals surface area contributed by atoms with Crippen LogP contribution in [-0.2, 0) is 11.3 Å². The number of carbonyl (C=O) groups is 2. The number of nitrogens with zero attached hydrogens (tertiary/aromatic N) is 4. The molecule has 2 aromatic heterocycles. The number of imidazole rings is 1. The largest absolute Gasteiger partial charge is 0.445 e. The minimum absolute atomic E-state index is 0.0586. The fraction of sp³-hybridized carbons (Fsp3) is 0.364. The van der Waals surface area contributed by atoms with E-state index in [2.05, 4.69) is 9.97 Å². The summed E-state index contributed by atoms with van der Waals surface area (Å²) >= 11 is 0. The molecule has 4 heterocycles. The van der Waals surface area contributed by atoms with Gasteiger partial charge in [0.25, 0.3) is 0 Å². The van der Waals surface area contributed by atoms with Crippen LogP contribution in [0.2, 0.25) is 0 Å². The molecule has 2 unspecified atom stereocenters. The van der Waals surface area contributed by atoms with E-state index in [-0.39, 0.29) is 36.5 Å². The van der Waals surface area contributed by atoms with E-state index in [1.165, 1.54) is 0 Å². The summed E-state index contributed by atoms with van der Waals surface area (Å²) in [5.74, 6) is 0.506. The van der Waals surface area contributed by atoms with Crippen molar-refractivity contribution in [2.75, 3.05) is 0 Å². The number of piperidine rings is 1. The molecule has 2 atom stereocenters. The van der Waals surface area contributed by atoms with Gasteiger partial charge in [0.15, 0.2) is 5.78 Å². The number of Topliss-reactive ketones (excluding diaryl/α,β-unsaturated/α-hetero) is 1. The van der Waals surface area contributed by atoms with Crippen LogP contribution in [0.1, 0.15) is 41.7 Å². The molecule has 2 bridgehead atoms. The van der Waals surface area contributed by atoms with Gasteiger partial charge in [-0.1, -0.05) is 30.3 Å². The summed E-state index contributed by atoms with van der Waals surface area (Å²) in [6, 6.07) is 11.6. The van der Waals surface area contributed by atoms with Crippen LogP contribution >= 0.6 is 0 Å². The highest BCUT2D eigenvalue weighted by Crippen LogP contribution is 2.40. The fourth-order valence-corrected chi connectivity index (χ4v) is 4.70. The highest BCUT2D eigenvalue weighted by atomic mass is 16.6. The highest BCUT2D eigenvalue weighted by Gasteiger charge is 2.46. The van der Waals surface area contributed by atoms with E-state index < -0.39 is 0 Å². The van der Waals surface area contributed by atoms with Crippen molar-refractivity contribution in [3.63, 3.8) is 0 Å². The van der Waals surface area contributed by atoms with E-state index in [4.69, 9.17) is 4.74 Å². The Morgan fingerprint density at radius 2 is 1.79 bits per heavy atom. The molecule has 2 aliphatic rings. The molecule has 2 aliphatic heterocycles. The third kappa shape index (κ3) is 3.26. The van der Waals surface area contributed by atoms with Gasteiger partial charge in [-0.15, -0.1) is 0 Å². The third-order valence-electron chi connectivity index (χ3n) is 6.06. The van der Waals surface area contributed by atoms with E-state index in [1.807, 2.05) is 41.4 Å². The maximum atomic E-state index is 13.2. The molecule has 7 heteroatoms. The molecule has 7 nitrogen and oxygen atoms in total. The molecular formula is C22H22N4O3. The van der Waals surface area contributed by atoms with Crippen LogP contribution in [-0.4, -0.2) is 43.2 Å². The van der Waals surface area contributed by atoms with Crippen LogP contribution in [0.5, 0.6) is 0 Å². The maximum Gasteiger partial charge on any atom is 0.410 e. The molecule has 29 heavy (non-hydrogen) atoms. The Bertz CT molecular complexity index is 1030. The molecule has 1 amide bonds. The van der Waals surface area contributed by atoms with Gasteiger partial charge in [0, 0.05) is 30.4 Å². The predicted molar refractivity (Wildman–Crippen MR) is 105 cm³/mol. The van der Waals surface area contributed by atoms with Crippen LogP contribution in [0, 0.1) is 5.92 Å². The Morgan fingerprint density at radius 3 is 2.55 bits per heavy atom. The molecule has 1 aromatic carbocycles. The van der Waals surface area contributed by atoms with Crippen LogP contribution in [0.25, 0.3) is 5.78 Å². The Labute approximate surface area is 168 Å². The molecule has 2 saturated heterocycles. The Hall–Kier alpha value is -3.22. The van der Waals surface area contributed by atoms with E-state index in [9.17, 15) is 9.59 Å². The second-order valence-corrected chi connectivity index (χ2v) is 7.80. The molecule has 0 aliphatic carbocycles. The minimum atomic E-state index is -0.272. The number of carbonyl (C=O) groups excluding carboxylic acids is 2. The van der Waals surface area contributed by atoms with Crippen molar-refractivity contribution in [3.05, 3.63) is 66.2 Å². The second-order valence-electron chi connectivity index (χ2n) is 7.80. The molecule has 0 spiro atoms. The number of ketones is 1. The average Bonchev–Trinajstić information content (AvgIpc) is 3.30. The van der Waals surface area contributed by atoms with E-state index >= 15 is 0 Å². The van der Waals surface area contributed by atoms with Crippen LogP contribution in [0.4, 0.5) is 4.79 Å². The van der Waals surface area contributed by atoms with Crippen molar-refractivity contribution in [2.45, 2.75) is 44.4 Å². The first kappa shape index (κ1) is 17.8. The SMILES string of the molecule is O=C(c1cnc2ncccn12)C1CC2CCC(C1)N2C(=O)OCc1ccccc1. The Morgan fingerprint density at radius 1 is 1.03 bits per heavy atom. The lowest BCUT2D eigenvalue weighted by Crippen LogP contribution is -2.48. The Balaban J connectivity index is 1.27. The molecule has 0 radical (unpaired) electrons. The van der Waals surface area contributed by atoms with Gasteiger partial charge in [0.05, 0.1) is 6.20 Å². The smallest absolute Gasteiger partial charge is 0.410 e. The summed E-state index contributed by atoms with van der Waals surface area (Å²) in [5, 5.41) is 0. The van der Waals surface area contributed by atoms with Crippen molar-refractivity contribution < 1.29 is 14.3 Å². The summed E-state index contributed by atoms with van der Waals surface area (Å²) in [4.78, 5) is 36.1. The van der Waals surface area contributed by atoms with Crippen molar-refractivity contribution in [3.8, 4) is 0 Å². The maximum absolute atomic E-state index is 13.2. The van der Waals surface area contributed by atoms with Gasteiger partial charge in [0.2, 0.25) is 5.78 Å². The number of benzene rings is 1. The normalized spacial score (nSPS) is 23.3. The summed E-state index contributed by atoms with van der Waals surface area (Å²) in [6.07, 6.45) is 7.99. The zero-order valence-corrected chi connectivity index (χ0v) is 16.0. The summed E-state index contributed by atoms with van der Waals surface area (Å²) in [7, 11) is 0. The average molecular weight is 390 g/mol. The first-order valence-electron chi connectivity index (χ1n) is 10.0. The van der Waals surface area contributed by atoms with Crippen molar-refractivity contribution >= 4 is 17.7 Å². The van der Waals surface area contributed by atoms with Gasteiger partial charge in [0.1, 0.15) is 12.3 Å². The van der Waals surface area contributed by atoms with Crippen LogP contribution in [0.15, 0.2) is 55.0 Å². The summed E-state index contributed by atoms with van der Waals surface area (Å²) < 4.78 is 7.29. The van der Waals surface area contributed by atoms with Crippen LogP contribution < -0.4 is 0 Å². The topological polar surface area (TPSA) is 76.8 Å². The molecular weight excluding hydrogens is 368 g/mol. The van der Waals surface area contributed by atoms with Gasteiger partial charge in [-0.25, -0.2) is 14.8 Å². The van der Waals surface area contributed by atoms with E-state index in [0.717, 1.165) is 18.4 Å². The number of amides is 1. The van der Waals surface area contributed by atoms with Gasteiger partial charge in [-0.2, -0.15) is 0 Å². The number of fused-ring (bicyclic) bond motifs is 3. The fourth-order valence-electron chi connectivity index (χ4n) is 4.70. The predicted octanol–water partition coefficient (Wildman–Crippen LogP) is 3.49. The minimum Gasteiger partial charge on any atom is -0.445 e. The molecule has 0 saturated carbocycles. The zero-order chi connectivity index (χ0) is 19.8. The lowest BCUT2D eigenvalue weighted by molar-refractivity contribution is 0.0483. The molecule has 2 fully saturated rings. The molecule has 0 N–H and O–H groups in total. The number of ether oxygens (including phenoxy) is 1. The summed E-state index contributed by atoms with van der Waals surface area (Å²) in [5.41, 5.74) is 1.54. The second kappa shape index (κ2) is 7.31. The van der Waals surface area contributed by atoms with Gasteiger partial charge >= 0.3 is 6.09 Å². The first-order chi connectivity index (χ1) is 14.2. The van der Waals surface area contributed by atoms with Crippen molar-refractivity contribution in [1.82, 2.24) is 19.3 Å². The molecule has 148 valence electrons. The molecule has 3 aromatic rings. The summed E-state index contributed by atoms with van der Waals surface area (Å²) in [6.45, 7) is 0.271. The van der Waals surface area contributed by atoms with E-state index in [0.29, 0.717) is 24.3 Å². The number of hydrogen-bond donors (Lipinski definition) is 0. The molecule has 5 rings (SSSR count).